The summed E-state index contributed by atoms with van der Waals surface area (Å²) in [5.74, 6) is 1.09. The molecule has 1 heterocycles. The molecule has 0 aliphatic carbocycles. The summed E-state index contributed by atoms with van der Waals surface area (Å²) in [5, 5.41) is 11.6. The maximum atomic E-state index is 12.6. The van der Waals surface area contributed by atoms with E-state index in [2.05, 4.69) is 15.6 Å². The highest BCUT2D eigenvalue weighted by molar-refractivity contribution is 6.30. The van der Waals surface area contributed by atoms with Crippen molar-refractivity contribution in [1.82, 2.24) is 15.0 Å². The van der Waals surface area contributed by atoms with Crippen LogP contribution in [0, 0.1) is 6.92 Å². The first-order valence-corrected chi connectivity index (χ1v) is 9.30. The van der Waals surface area contributed by atoms with E-state index in [1.807, 2.05) is 42.5 Å². The second kappa shape index (κ2) is 8.16. The minimum atomic E-state index is -0.334. The number of nitrogens with zero attached hydrogens (tertiary/aromatic N) is 3. The standard InChI is InChI=1S/C22H17ClN4O2/c1-15-21(25-26-27(15)18-11-7-16(23)8-12-18)22(28)24-17-9-13-20(14-10-17)29-19-5-3-2-4-6-19/h2-14H,1H3,(H,24,28). The van der Waals surface area contributed by atoms with Crippen molar-refractivity contribution in [3.8, 4) is 17.2 Å². The molecule has 6 nitrogen and oxygen atoms in total. The normalized spacial score (nSPS) is 10.6. The number of hydrogen-bond acceptors (Lipinski definition) is 4. The van der Waals surface area contributed by atoms with E-state index in [0.29, 0.717) is 22.2 Å². The first-order chi connectivity index (χ1) is 14.1. The Morgan fingerprint density at radius 3 is 2.28 bits per heavy atom. The molecule has 144 valence electrons. The number of rotatable bonds is 5. The van der Waals surface area contributed by atoms with Crippen molar-refractivity contribution in [2.45, 2.75) is 6.92 Å². The van der Waals surface area contributed by atoms with Gasteiger partial charge in [-0.3, -0.25) is 4.79 Å². The third-order valence-electron chi connectivity index (χ3n) is 4.27. The summed E-state index contributed by atoms with van der Waals surface area (Å²) in [6, 6.07) is 23.8. The van der Waals surface area contributed by atoms with E-state index < -0.39 is 0 Å². The monoisotopic (exact) mass is 404 g/mol. The molecule has 4 rings (SSSR count). The highest BCUT2D eigenvalue weighted by Gasteiger charge is 2.17. The van der Waals surface area contributed by atoms with Gasteiger partial charge in [-0.2, -0.15) is 0 Å². The Kier molecular flexibility index (Phi) is 5.27. The summed E-state index contributed by atoms with van der Waals surface area (Å²) in [7, 11) is 0. The van der Waals surface area contributed by atoms with E-state index >= 15 is 0 Å². The lowest BCUT2D eigenvalue weighted by molar-refractivity contribution is 0.102. The molecule has 3 aromatic carbocycles. The number of benzene rings is 3. The third-order valence-corrected chi connectivity index (χ3v) is 4.52. The topological polar surface area (TPSA) is 69.0 Å². The molecule has 4 aromatic rings. The summed E-state index contributed by atoms with van der Waals surface area (Å²) in [6.07, 6.45) is 0. The highest BCUT2D eigenvalue weighted by Crippen LogP contribution is 2.23. The molecule has 7 heteroatoms. The smallest absolute Gasteiger partial charge is 0.278 e. The Hall–Kier alpha value is -3.64. The van der Waals surface area contributed by atoms with Gasteiger partial charge in [0, 0.05) is 10.7 Å². The Labute approximate surface area is 172 Å². The maximum absolute atomic E-state index is 12.6. The van der Waals surface area contributed by atoms with Crippen LogP contribution in [0.1, 0.15) is 16.2 Å². The zero-order chi connectivity index (χ0) is 20.2. The molecule has 0 atom stereocenters. The van der Waals surface area contributed by atoms with Crippen LogP contribution in [0.5, 0.6) is 11.5 Å². The van der Waals surface area contributed by atoms with Crippen LogP contribution in [0.25, 0.3) is 5.69 Å². The molecule has 0 unspecified atom stereocenters. The molecule has 0 fully saturated rings. The van der Waals surface area contributed by atoms with Gasteiger partial charge in [0.25, 0.3) is 5.91 Å². The summed E-state index contributed by atoms with van der Waals surface area (Å²) in [6.45, 7) is 1.79. The number of carbonyl (C=O) groups is 1. The number of halogens is 1. The molecule has 29 heavy (non-hydrogen) atoms. The predicted octanol–water partition coefficient (Wildman–Crippen LogP) is 5.27. The molecule has 0 aliphatic rings. The van der Waals surface area contributed by atoms with Crippen molar-refractivity contribution < 1.29 is 9.53 Å². The van der Waals surface area contributed by atoms with Gasteiger partial charge >= 0.3 is 0 Å². The molecule has 0 aliphatic heterocycles. The number of nitrogens with one attached hydrogen (secondary N) is 1. The zero-order valence-corrected chi connectivity index (χ0v) is 16.3. The van der Waals surface area contributed by atoms with Gasteiger partial charge in [-0.05, 0) is 67.6 Å². The van der Waals surface area contributed by atoms with Gasteiger partial charge in [0.15, 0.2) is 5.69 Å². The lowest BCUT2D eigenvalue weighted by atomic mass is 10.2. The largest absolute Gasteiger partial charge is 0.457 e. The van der Waals surface area contributed by atoms with Crippen molar-refractivity contribution in [1.29, 1.82) is 0 Å². The van der Waals surface area contributed by atoms with Crippen molar-refractivity contribution in [3.05, 3.63) is 95.3 Å². The minimum Gasteiger partial charge on any atom is -0.457 e. The fourth-order valence-electron chi connectivity index (χ4n) is 2.79. The molecule has 0 spiro atoms. The van der Waals surface area contributed by atoms with Crippen molar-refractivity contribution in [2.75, 3.05) is 5.32 Å². The van der Waals surface area contributed by atoms with Crippen molar-refractivity contribution >= 4 is 23.2 Å². The molecule has 0 bridgehead atoms. The molecular formula is C22H17ClN4O2. The third kappa shape index (κ3) is 4.28. The van der Waals surface area contributed by atoms with Crippen molar-refractivity contribution in [3.63, 3.8) is 0 Å². The Morgan fingerprint density at radius 2 is 1.59 bits per heavy atom. The summed E-state index contributed by atoms with van der Waals surface area (Å²) < 4.78 is 7.35. The van der Waals surface area contributed by atoms with Gasteiger partial charge in [0.05, 0.1) is 11.4 Å². The fraction of sp³-hybridized carbons (Fsp3) is 0.0455. The Balaban J connectivity index is 1.46. The van der Waals surface area contributed by atoms with E-state index in [1.54, 1.807) is 48.0 Å². The Bertz CT molecular complexity index is 1120. The number of aromatic nitrogens is 3. The summed E-state index contributed by atoms with van der Waals surface area (Å²) in [4.78, 5) is 12.6. The number of hydrogen-bond donors (Lipinski definition) is 1. The van der Waals surface area contributed by atoms with Crippen LogP contribution < -0.4 is 10.1 Å². The molecule has 1 amide bonds. The number of carbonyl (C=O) groups excluding carboxylic acids is 1. The summed E-state index contributed by atoms with van der Waals surface area (Å²) in [5.41, 5.74) is 2.30. The average Bonchev–Trinajstić information content (AvgIpc) is 3.12. The second-order valence-electron chi connectivity index (χ2n) is 6.31. The van der Waals surface area contributed by atoms with Gasteiger partial charge in [0.1, 0.15) is 11.5 Å². The van der Waals surface area contributed by atoms with E-state index in [0.717, 1.165) is 11.4 Å². The first-order valence-electron chi connectivity index (χ1n) is 8.93. The van der Waals surface area contributed by atoms with Gasteiger partial charge in [-0.25, -0.2) is 4.68 Å². The molecule has 0 radical (unpaired) electrons. The lowest BCUT2D eigenvalue weighted by Gasteiger charge is -2.08. The highest BCUT2D eigenvalue weighted by atomic mass is 35.5. The van der Waals surface area contributed by atoms with Gasteiger partial charge in [-0.15, -0.1) is 5.10 Å². The average molecular weight is 405 g/mol. The van der Waals surface area contributed by atoms with E-state index in [4.69, 9.17) is 16.3 Å². The summed E-state index contributed by atoms with van der Waals surface area (Å²) >= 11 is 5.92. The number of amides is 1. The van der Waals surface area contributed by atoms with E-state index in [9.17, 15) is 4.79 Å². The second-order valence-corrected chi connectivity index (χ2v) is 6.74. The maximum Gasteiger partial charge on any atom is 0.278 e. The van der Waals surface area contributed by atoms with Crippen LogP contribution in [0.3, 0.4) is 0 Å². The van der Waals surface area contributed by atoms with Gasteiger partial charge < -0.3 is 10.1 Å². The van der Waals surface area contributed by atoms with Crippen molar-refractivity contribution in [2.24, 2.45) is 0 Å². The Morgan fingerprint density at radius 1 is 0.931 bits per heavy atom. The molecular weight excluding hydrogens is 388 g/mol. The SMILES string of the molecule is Cc1c(C(=O)Nc2ccc(Oc3ccccc3)cc2)nnn1-c1ccc(Cl)cc1. The molecule has 1 N–H and O–H groups in total. The van der Waals surface area contributed by atoms with Crippen LogP contribution in [0.2, 0.25) is 5.02 Å². The fourth-order valence-corrected chi connectivity index (χ4v) is 2.91. The van der Waals surface area contributed by atoms with Gasteiger partial charge in [0.2, 0.25) is 0 Å². The molecule has 0 saturated carbocycles. The van der Waals surface area contributed by atoms with Crippen LogP contribution in [-0.4, -0.2) is 20.9 Å². The number of ether oxygens (including phenoxy) is 1. The van der Waals surface area contributed by atoms with E-state index in [-0.39, 0.29) is 11.6 Å². The predicted molar refractivity (Wildman–Crippen MR) is 112 cm³/mol. The van der Waals surface area contributed by atoms with Crippen LogP contribution >= 0.6 is 11.6 Å². The van der Waals surface area contributed by atoms with E-state index in [1.165, 1.54) is 0 Å². The first kappa shape index (κ1) is 18.7. The molecule has 0 saturated heterocycles. The zero-order valence-electron chi connectivity index (χ0n) is 15.5. The number of para-hydroxylation sites is 1. The lowest BCUT2D eigenvalue weighted by Crippen LogP contribution is -2.14. The number of anilines is 1. The minimum absolute atomic E-state index is 0.254. The quantitative estimate of drug-likeness (QED) is 0.491. The van der Waals surface area contributed by atoms with Gasteiger partial charge in [-0.1, -0.05) is 35.0 Å². The van der Waals surface area contributed by atoms with Crippen LogP contribution in [0.15, 0.2) is 78.9 Å². The van der Waals surface area contributed by atoms with Crippen LogP contribution in [0.4, 0.5) is 5.69 Å². The van der Waals surface area contributed by atoms with Crippen LogP contribution in [-0.2, 0) is 0 Å². The molecule has 1 aromatic heterocycles.